The minimum Gasteiger partial charge on any atom is -0.377 e. The molecule has 0 radical (unpaired) electrons. The lowest BCUT2D eigenvalue weighted by Crippen LogP contribution is -2.37. The Morgan fingerprint density at radius 3 is 2.59 bits per heavy atom. The minimum absolute atomic E-state index is 0.169. The molecule has 1 aliphatic rings. The zero-order valence-corrected chi connectivity index (χ0v) is 12.8. The average Bonchev–Trinajstić information content (AvgIpc) is 2.96. The lowest BCUT2D eigenvalue weighted by Gasteiger charge is -2.23. The van der Waals surface area contributed by atoms with E-state index in [4.69, 9.17) is 4.74 Å². The molecule has 0 unspecified atom stereocenters. The van der Waals surface area contributed by atoms with Crippen molar-refractivity contribution in [2.45, 2.75) is 36.9 Å². The van der Waals surface area contributed by atoms with Gasteiger partial charge in [0.15, 0.2) is 0 Å². The van der Waals surface area contributed by atoms with E-state index in [1.807, 2.05) is 0 Å². The van der Waals surface area contributed by atoms with Crippen molar-refractivity contribution in [1.29, 1.82) is 0 Å². The maximum atomic E-state index is 12.5. The number of aromatic nitrogens is 1. The summed E-state index contributed by atoms with van der Waals surface area (Å²) in [7, 11) is -3.88. The molecular formula is C13H17F3N2O3S. The van der Waals surface area contributed by atoms with E-state index >= 15 is 0 Å². The molecule has 1 fully saturated rings. The van der Waals surface area contributed by atoms with Gasteiger partial charge in [0.05, 0.1) is 6.10 Å². The number of sulfonamides is 1. The minimum atomic E-state index is -4.59. The summed E-state index contributed by atoms with van der Waals surface area (Å²) in [5.74, 6) is 0. The van der Waals surface area contributed by atoms with Crippen molar-refractivity contribution in [2.24, 2.45) is 0 Å². The molecule has 22 heavy (non-hydrogen) atoms. The Balaban J connectivity index is 2.20. The summed E-state index contributed by atoms with van der Waals surface area (Å²) in [5.41, 5.74) is -1.12. The zero-order chi connectivity index (χ0) is 16.4. The van der Waals surface area contributed by atoms with E-state index in [-0.39, 0.29) is 24.1 Å². The fourth-order valence-corrected chi connectivity index (χ4v) is 3.69. The number of ether oxygens (including phenoxy) is 1. The summed E-state index contributed by atoms with van der Waals surface area (Å²) in [6.07, 6.45) is -2.36. The van der Waals surface area contributed by atoms with Gasteiger partial charge in [-0.2, -0.15) is 17.5 Å². The Morgan fingerprint density at radius 2 is 2.14 bits per heavy atom. The Hall–Kier alpha value is -1.19. The number of halogens is 3. The van der Waals surface area contributed by atoms with Crippen molar-refractivity contribution >= 4 is 10.0 Å². The van der Waals surface area contributed by atoms with E-state index in [1.165, 1.54) is 4.31 Å². The Bertz CT molecular complexity index is 596. The first-order valence-electron chi connectivity index (χ1n) is 6.90. The smallest absolute Gasteiger partial charge is 0.377 e. The fourth-order valence-electron chi connectivity index (χ4n) is 2.26. The standard InChI is InChI=1S/C13H17F3N2O3S/c1-2-18(9-10-4-3-7-21-10)22(19,20)11-5-6-12(17-8-11)13(14,15)16/h5-6,8,10H,2-4,7,9H2,1H3/t10-/m1/s1. The van der Waals surface area contributed by atoms with Crippen LogP contribution in [0.1, 0.15) is 25.5 Å². The summed E-state index contributed by atoms with van der Waals surface area (Å²) in [6.45, 7) is 2.68. The number of pyridine rings is 1. The van der Waals surface area contributed by atoms with E-state index < -0.39 is 21.9 Å². The second-order valence-corrected chi connectivity index (χ2v) is 6.91. The highest BCUT2D eigenvalue weighted by molar-refractivity contribution is 7.89. The molecule has 9 heteroatoms. The van der Waals surface area contributed by atoms with Gasteiger partial charge in [0.25, 0.3) is 0 Å². The molecule has 2 rings (SSSR count). The molecule has 0 saturated carbocycles. The normalized spacial score (nSPS) is 19.8. The highest BCUT2D eigenvalue weighted by Gasteiger charge is 2.33. The van der Waals surface area contributed by atoms with Gasteiger partial charge in [0.2, 0.25) is 10.0 Å². The summed E-state index contributed by atoms with van der Waals surface area (Å²) < 4.78 is 69.0. The van der Waals surface area contributed by atoms with E-state index in [0.29, 0.717) is 12.7 Å². The van der Waals surface area contributed by atoms with Crippen LogP contribution in [-0.4, -0.2) is 43.5 Å². The van der Waals surface area contributed by atoms with Gasteiger partial charge in [0, 0.05) is 25.9 Å². The lowest BCUT2D eigenvalue weighted by molar-refractivity contribution is -0.141. The third-order valence-corrected chi connectivity index (χ3v) is 5.37. The molecule has 2 heterocycles. The SMILES string of the molecule is CCN(C[C@H]1CCCO1)S(=O)(=O)c1ccc(C(F)(F)F)nc1. The third-order valence-electron chi connectivity index (χ3n) is 3.45. The summed E-state index contributed by atoms with van der Waals surface area (Å²) in [5, 5.41) is 0. The number of nitrogens with zero attached hydrogens (tertiary/aromatic N) is 2. The molecular weight excluding hydrogens is 321 g/mol. The van der Waals surface area contributed by atoms with Crippen molar-refractivity contribution in [2.75, 3.05) is 19.7 Å². The molecule has 0 amide bonds. The number of hydrogen-bond donors (Lipinski definition) is 0. The van der Waals surface area contributed by atoms with Crippen LogP contribution in [0.25, 0.3) is 0 Å². The molecule has 0 bridgehead atoms. The highest BCUT2D eigenvalue weighted by Crippen LogP contribution is 2.28. The Labute approximate surface area is 127 Å². The van der Waals surface area contributed by atoms with Crippen molar-refractivity contribution < 1.29 is 26.3 Å². The maximum Gasteiger partial charge on any atom is 0.433 e. The largest absolute Gasteiger partial charge is 0.433 e. The van der Waals surface area contributed by atoms with Crippen LogP contribution in [0.15, 0.2) is 23.2 Å². The maximum absolute atomic E-state index is 12.5. The summed E-state index contributed by atoms with van der Waals surface area (Å²) >= 11 is 0. The molecule has 0 aliphatic carbocycles. The van der Waals surface area contributed by atoms with Crippen molar-refractivity contribution in [3.8, 4) is 0 Å². The molecule has 1 saturated heterocycles. The first-order valence-corrected chi connectivity index (χ1v) is 8.34. The van der Waals surface area contributed by atoms with Crippen LogP contribution in [0.3, 0.4) is 0 Å². The second kappa shape index (κ2) is 6.51. The van der Waals surface area contributed by atoms with Gasteiger partial charge >= 0.3 is 6.18 Å². The van der Waals surface area contributed by atoms with Crippen molar-refractivity contribution in [3.63, 3.8) is 0 Å². The molecule has 1 aromatic heterocycles. The third kappa shape index (κ3) is 3.76. The van der Waals surface area contributed by atoms with Crippen LogP contribution in [0.2, 0.25) is 0 Å². The average molecular weight is 338 g/mol. The number of likely N-dealkylation sites (N-methyl/N-ethyl adjacent to an activating group) is 1. The van der Waals surface area contributed by atoms with E-state index in [0.717, 1.165) is 25.1 Å². The number of alkyl halides is 3. The van der Waals surface area contributed by atoms with Crippen molar-refractivity contribution in [1.82, 2.24) is 9.29 Å². The highest BCUT2D eigenvalue weighted by atomic mass is 32.2. The predicted octanol–water partition coefficient (Wildman–Crippen LogP) is 2.29. The second-order valence-electron chi connectivity index (χ2n) is 4.97. The van der Waals surface area contributed by atoms with Gasteiger partial charge in [-0.3, -0.25) is 4.98 Å². The van der Waals surface area contributed by atoms with Crippen LogP contribution in [0.4, 0.5) is 13.2 Å². The van der Waals surface area contributed by atoms with Crippen LogP contribution in [0, 0.1) is 0 Å². The van der Waals surface area contributed by atoms with Crippen LogP contribution < -0.4 is 0 Å². The predicted molar refractivity (Wildman–Crippen MR) is 72.6 cm³/mol. The summed E-state index contributed by atoms with van der Waals surface area (Å²) in [4.78, 5) is 2.95. The summed E-state index contributed by atoms with van der Waals surface area (Å²) in [6, 6.07) is 1.61. The van der Waals surface area contributed by atoms with E-state index in [1.54, 1.807) is 6.92 Å². The Morgan fingerprint density at radius 1 is 1.41 bits per heavy atom. The molecule has 0 N–H and O–H groups in total. The molecule has 0 spiro atoms. The first-order chi connectivity index (χ1) is 10.2. The monoisotopic (exact) mass is 338 g/mol. The fraction of sp³-hybridized carbons (Fsp3) is 0.615. The van der Waals surface area contributed by atoms with Gasteiger partial charge in [0.1, 0.15) is 10.6 Å². The topological polar surface area (TPSA) is 59.5 Å². The van der Waals surface area contributed by atoms with Crippen molar-refractivity contribution in [3.05, 3.63) is 24.0 Å². The molecule has 1 aliphatic heterocycles. The molecule has 1 aromatic rings. The number of rotatable bonds is 5. The van der Waals surface area contributed by atoms with Crippen LogP contribution >= 0.6 is 0 Å². The lowest BCUT2D eigenvalue weighted by atomic mass is 10.2. The van der Waals surface area contributed by atoms with Gasteiger partial charge < -0.3 is 4.74 Å². The molecule has 1 atom stereocenters. The number of hydrogen-bond acceptors (Lipinski definition) is 4. The van der Waals surface area contributed by atoms with E-state index in [9.17, 15) is 21.6 Å². The van der Waals surface area contributed by atoms with Gasteiger partial charge in [-0.05, 0) is 25.0 Å². The first kappa shape index (κ1) is 17.2. The van der Waals surface area contributed by atoms with Crippen LogP contribution in [-0.2, 0) is 20.9 Å². The Kier molecular flexibility index (Phi) is 5.08. The van der Waals surface area contributed by atoms with Gasteiger partial charge in [-0.25, -0.2) is 8.42 Å². The van der Waals surface area contributed by atoms with Gasteiger partial charge in [-0.15, -0.1) is 0 Å². The molecule has 0 aromatic carbocycles. The van der Waals surface area contributed by atoms with Crippen LogP contribution in [0.5, 0.6) is 0 Å². The van der Waals surface area contributed by atoms with Gasteiger partial charge in [-0.1, -0.05) is 6.92 Å². The molecule has 124 valence electrons. The molecule has 5 nitrogen and oxygen atoms in total. The quantitative estimate of drug-likeness (QED) is 0.826. The van der Waals surface area contributed by atoms with E-state index in [2.05, 4.69) is 4.98 Å². The zero-order valence-electron chi connectivity index (χ0n) is 12.0.